The van der Waals surface area contributed by atoms with Crippen molar-refractivity contribution in [1.29, 1.82) is 0 Å². The van der Waals surface area contributed by atoms with E-state index < -0.39 is 17.7 Å². The number of rotatable bonds is 3. The summed E-state index contributed by atoms with van der Waals surface area (Å²) in [4.78, 5) is 0. The Bertz CT molecular complexity index is 522. The molecule has 1 heterocycles. The van der Waals surface area contributed by atoms with Crippen LogP contribution in [0.15, 0.2) is 34.9 Å². The van der Waals surface area contributed by atoms with Crippen molar-refractivity contribution in [3.8, 4) is 0 Å². The van der Waals surface area contributed by atoms with Crippen molar-refractivity contribution in [1.82, 2.24) is 5.32 Å². The zero-order valence-corrected chi connectivity index (χ0v) is 9.63. The van der Waals surface area contributed by atoms with E-state index in [1.807, 2.05) is 0 Å². The Balaban J connectivity index is 2.45. The van der Waals surface area contributed by atoms with Crippen molar-refractivity contribution in [2.75, 3.05) is 7.05 Å². The van der Waals surface area contributed by atoms with Crippen LogP contribution in [-0.4, -0.2) is 7.05 Å². The topological polar surface area (TPSA) is 25.2 Å². The number of hydrogen-bond acceptors (Lipinski definition) is 2. The van der Waals surface area contributed by atoms with E-state index >= 15 is 0 Å². The fraction of sp³-hybridized carbons (Fsp3) is 0.231. The standard InChI is InChI=1S/C13H13F2NO/c1-8-6-9(7-17-8)13(16-2)10-4-3-5-11(14)12(10)15/h3-7,13,16H,1-2H3. The summed E-state index contributed by atoms with van der Waals surface area (Å²) in [6.45, 7) is 1.80. The van der Waals surface area contributed by atoms with Gasteiger partial charge in [0.1, 0.15) is 5.76 Å². The molecule has 1 N–H and O–H groups in total. The van der Waals surface area contributed by atoms with Crippen LogP contribution in [0.25, 0.3) is 0 Å². The number of halogens is 2. The minimum atomic E-state index is -0.844. The molecule has 4 heteroatoms. The van der Waals surface area contributed by atoms with E-state index in [4.69, 9.17) is 4.42 Å². The minimum Gasteiger partial charge on any atom is -0.469 e. The summed E-state index contributed by atoms with van der Waals surface area (Å²) < 4.78 is 32.0. The van der Waals surface area contributed by atoms with E-state index in [0.29, 0.717) is 0 Å². The Kier molecular flexibility index (Phi) is 3.24. The number of aryl methyl sites for hydroxylation is 1. The van der Waals surface area contributed by atoms with Crippen molar-refractivity contribution in [2.45, 2.75) is 13.0 Å². The highest BCUT2D eigenvalue weighted by Crippen LogP contribution is 2.26. The second kappa shape index (κ2) is 4.67. The molecule has 2 rings (SSSR count). The molecule has 1 aromatic heterocycles. The van der Waals surface area contributed by atoms with Gasteiger partial charge < -0.3 is 9.73 Å². The molecule has 0 fully saturated rings. The fourth-order valence-electron chi connectivity index (χ4n) is 1.86. The molecule has 0 aliphatic rings. The van der Waals surface area contributed by atoms with Crippen LogP contribution in [0.4, 0.5) is 8.78 Å². The Morgan fingerprint density at radius 2 is 2.06 bits per heavy atom. The Labute approximate surface area is 98.3 Å². The maximum atomic E-state index is 13.7. The average molecular weight is 237 g/mol. The van der Waals surface area contributed by atoms with Gasteiger partial charge in [0.15, 0.2) is 11.6 Å². The van der Waals surface area contributed by atoms with Crippen LogP contribution in [0.3, 0.4) is 0 Å². The summed E-state index contributed by atoms with van der Waals surface area (Å²) in [5.74, 6) is -0.939. The van der Waals surface area contributed by atoms with Crippen molar-refractivity contribution in [3.05, 3.63) is 59.1 Å². The molecular formula is C13H13F2NO. The molecular weight excluding hydrogens is 224 g/mol. The van der Waals surface area contributed by atoms with E-state index in [-0.39, 0.29) is 5.56 Å². The molecule has 90 valence electrons. The zero-order chi connectivity index (χ0) is 12.4. The molecule has 0 aliphatic heterocycles. The molecule has 1 aromatic carbocycles. The molecule has 2 nitrogen and oxygen atoms in total. The lowest BCUT2D eigenvalue weighted by Crippen LogP contribution is -2.18. The van der Waals surface area contributed by atoms with Gasteiger partial charge in [0.25, 0.3) is 0 Å². The molecule has 0 bridgehead atoms. The third-order valence-corrected chi connectivity index (χ3v) is 2.67. The molecule has 0 radical (unpaired) electrons. The van der Waals surface area contributed by atoms with Gasteiger partial charge in [-0.05, 0) is 26.1 Å². The van der Waals surface area contributed by atoms with E-state index in [2.05, 4.69) is 5.32 Å². The third-order valence-electron chi connectivity index (χ3n) is 2.67. The lowest BCUT2D eigenvalue weighted by molar-refractivity contribution is 0.485. The Hall–Kier alpha value is -1.68. The summed E-state index contributed by atoms with van der Waals surface area (Å²) in [5, 5.41) is 2.95. The SMILES string of the molecule is CNC(c1coc(C)c1)c1cccc(F)c1F. The van der Waals surface area contributed by atoms with Crippen molar-refractivity contribution in [2.24, 2.45) is 0 Å². The summed E-state index contributed by atoms with van der Waals surface area (Å²) >= 11 is 0. The third kappa shape index (κ3) is 2.22. The largest absolute Gasteiger partial charge is 0.469 e. The minimum absolute atomic E-state index is 0.272. The number of nitrogens with one attached hydrogen (secondary N) is 1. The van der Waals surface area contributed by atoms with E-state index in [1.54, 1.807) is 32.4 Å². The van der Waals surface area contributed by atoms with Gasteiger partial charge in [-0.1, -0.05) is 12.1 Å². The molecule has 0 saturated carbocycles. The van der Waals surface area contributed by atoms with E-state index in [0.717, 1.165) is 17.4 Å². The fourth-order valence-corrected chi connectivity index (χ4v) is 1.86. The zero-order valence-electron chi connectivity index (χ0n) is 9.63. The van der Waals surface area contributed by atoms with Gasteiger partial charge >= 0.3 is 0 Å². The van der Waals surface area contributed by atoms with Crippen molar-refractivity contribution in [3.63, 3.8) is 0 Å². The molecule has 0 spiro atoms. The van der Waals surface area contributed by atoms with Crippen LogP contribution in [0.5, 0.6) is 0 Å². The van der Waals surface area contributed by atoms with Crippen LogP contribution in [0, 0.1) is 18.6 Å². The highest BCUT2D eigenvalue weighted by molar-refractivity contribution is 5.32. The van der Waals surface area contributed by atoms with Gasteiger partial charge in [-0.15, -0.1) is 0 Å². The second-order valence-corrected chi connectivity index (χ2v) is 3.86. The number of furan rings is 1. The summed E-state index contributed by atoms with van der Waals surface area (Å²) in [6, 6.07) is 5.54. The van der Waals surface area contributed by atoms with Crippen LogP contribution in [0.2, 0.25) is 0 Å². The molecule has 0 aliphatic carbocycles. The smallest absolute Gasteiger partial charge is 0.163 e. The first-order valence-electron chi connectivity index (χ1n) is 5.29. The molecule has 17 heavy (non-hydrogen) atoms. The molecule has 2 aromatic rings. The summed E-state index contributed by atoms with van der Waals surface area (Å²) in [7, 11) is 1.69. The molecule has 1 atom stereocenters. The average Bonchev–Trinajstić information content (AvgIpc) is 2.72. The highest BCUT2D eigenvalue weighted by atomic mass is 19.2. The van der Waals surface area contributed by atoms with Gasteiger partial charge in [0.2, 0.25) is 0 Å². The van der Waals surface area contributed by atoms with Crippen LogP contribution < -0.4 is 5.32 Å². The lowest BCUT2D eigenvalue weighted by atomic mass is 10.0. The van der Waals surface area contributed by atoms with Crippen molar-refractivity contribution < 1.29 is 13.2 Å². The predicted octanol–water partition coefficient (Wildman–Crippen LogP) is 3.18. The lowest BCUT2D eigenvalue weighted by Gasteiger charge is -2.15. The van der Waals surface area contributed by atoms with Gasteiger partial charge in [-0.2, -0.15) is 0 Å². The molecule has 1 unspecified atom stereocenters. The van der Waals surface area contributed by atoms with Gasteiger partial charge in [0, 0.05) is 11.1 Å². The van der Waals surface area contributed by atoms with E-state index in [9.17, 15) is 8.78 Å². The number of hydrogen-bond donors (Lipinski definition) is 1. The molecule has 0 amide bonds. The highest BCUT2D eigenvalue weighted by Gasteiger charge is 2.19. The van der Waals surface area contributed by atoms with Crippen LogP contribution in [0.1, 0.15) is 22.9 Å². The van der Waals surface area contributed by atoms with E-state index in [1.165, 1.54) is 6.07 Å². The first-order valence-corrected chi connectivity index (χ1v) is 5.29. The summed E-state index contributed by atoms with van der Waals surface area (Å²) in [5.41, 5.74) is 1.04. The van der Waals surface area contributed by atoms with Crippen LogP contribution >= 0.6 is 0 Å². The van der Waals surface area contributed by atoms with Crippen molar-refractivity contribution >= 4 is 0 Å². The predicted molar refractivity (Wildman–Crippen MR) is 60.7 cm³/mol. The quantitative estimate of drug-likeness (QED) is 0.887. The maximum absolute atomic E-state index is 13.7. The maximum Gasteiger partial charge on any atom is 0.163 e. The van der Waals surface area contributed by atoms with Gasteiger partial charge in [-0.3, -0.25) is 0 Å². The van der Waals surface area contributed by atoms with Crippen LogP contribution in [-0.2, 0) is 0 Å². The Morgan fingerprint density at radius 1 is 1.29 bits per heavy atom. The van der Waals surface area contributed by atoms with Gasteiger partial charge in [0.05, 0.1) is 12.3 Å². The van der Waals surface area contributed by atoms with Gasteiger partial charge in [-0.25, -0.2) is 8.78 Å². The monoisotopic (exact) mass is 237 g/mol. The number of benzene rings is 1. The Morgan fingerprint density at radius 3 is 2.65 bits per heavy atom. The molecule has 0 saturated heterocycles. The first-order chi connectivity index (χ1) is 8.13. The summed E-state index contributed by atoms with van der Waals surface area (Å²) in [6.07, 6.45) is 1.54. The second-order valence-electron chi connectivity index (χ2n) is 3.86. The first kappa shape index (κ1) is 11.8. The normalized spacial score (nSPS) is 12.7.